The van der Waals surface area contributed by atoms with Gasteiger partial charge in [-0.15, -0.1) is 0 Å². The van der Waals surface area contributed by atoms with E-state index in [4.69, 9.17) is 4.74 Å². The van der Waals surface area contributed by atoms with Crippen LogP contribution in [0.5, 0.6) is 5.75 Å². The Kier molecular flexibility index (Phi) is 2.82. The van der Waals surface area contributed by atoms with E-state index in [1.807, 2.05) is 60.7 Å². The maximum absolute atomic E-state index is 5.59. The summed E-state index contributed by atoms with van der Waals surface area (Å²) in [7, 11) is 0. The zero-order valence-electron chi connectivity index (χ0n) is 7.89. The highest BCUT2D eigenvalue weighted by Gasteiger charge is 1.97. The molecule has 1 aromatic carbocycles. The molecule has 1 heterocycles. The summed E-state index contributed by atoms with van der Waals surface area (Å²) in [6, 6.07) is 8.03. The number of ether oxygens (including phenoxy) is 1. The van der Waals surface area contributed by atoms with Gasteiger partial charge in [-0.2, -0.15) is 0 Å². The number of allylic oxidation sites excluding steroid dienone is 4. The average molecular weight is 184 g/mol. The van der Waals surface area contributed by atoms with Crippen molar-refractivity contribution in [2.24, 2.45) is 0 Å². The fourth-order valence-electron chi connectivity index (χ4n) is 1.31. The largest absolute Gasteiger partial charge is 0.489 e. The summed E-state index contributed by atoms with van der Waals surface area (Å²) >= 11 is 0. The molecule has 1 nitrogen and oxygen atoms in total. The van der Waals surface area contributed by atoms with E-state index in [9.17, 15) is 0 Å². The highest BCUT2D eigenvalue weighted by molar-refractivity contribution is 5.58. The second-order valence-corrected chi connectivity index (χ2v) is 3.02. The Balaban J connectivity index is 2.35. The van der Waals surface area contributed by atoms with E-state index in [1.165, 1.54) is 0 Å². The van der Waals surface area contributed by atoms with Gasteiger partial charge in [0, 0.05) is 5.56 Å². The van der Waals surface area contributed by atoms with Gasteiger partial charge in [0.25, 0.3) is 0 Å². The van der Waals surface area contributed by atoms with Crippen LogP contribution < -0.4 is 4.74 Å². The molecule has 0 saturated carbocycles. The lowest BCUT2D eigenvalue weighted by molar-refractivity contribution is 0.362. The molecule has 2 rings (SSSR count). The summed E-state index contributed by atoms with van der Waals surface area (Å²) in [6.07, 6.45) is 12.0. The summed E-state index contributed by atoms with van der Waals surface area (Å²) in [6.45, 7) is 0.620. The van der Waals surface area contributed by atoms with Crippen LogP contribution in [0, 0.1) is 0 Å². The van der Waals surface area contributed by atoms with Gasteiger partial charge in [0.2, 0.25) is 0 Å². The fraction of sp³-hybridized carbons (Fsp3) is 0.0769. The van der Waals surface area contributed by atoms with Gasteiger partial charge in [0.05, 0.1) is 0 Å². The Hall–Kier alpha value is -1.76. The van der Waals surface area contributed by atoms with Gasteiger partial charge in [-0.05, 0) is 12.1 Å². The highest BCUT2D eigenvalue weighted by Crippen LogP contribution is 2.19. The summed E-state index contributed by atoms with van der Waals surface area (Å²) in [5.41, 5.74) is 1.12. The van der Waals surface area contributed by atoms with Gasteiger partial charge >= 0.3 is 0 Å². The van der Waals surface area contributed by atoms with Gasteiger partial charge in [-0.1, -0.05) is 48.6 Å². The summed E-state index contributed by atoms with van der Waals surface area (Å²) < 4.78 is 5.59. The highest BCUT2D eigenvalue weighted by atomic mass is 16.5. The van der Waals surface area contributed by atoms with E-state index in [-0.39, 0.29) is 0 Å². The smallest absolute Gasteiger partial charge is 0.126 e. The quantitative estimate of drug-likeness (QED) is 0.601. The molecule has 14 heavy (non-hydrogen) atoms. The van der Waals surface area contributed by atoms with Crippen LogP contribution in [0.4, 0.5) is 0 Å². The number of benzene rings is 1. The lowest BCUT2D eigenvalue weighted by Crippen LogP contribution is -1.95. The molecule has 0 aliphatic carbocycles. The molecular weight excluding hydrogens is 172 g/mol. The van der Waals surface area contributed by atoms with Crippen molar-refractivity contribution < 1.29 is 4.74 Å². The van der Waals surface area contributed by atoms with Gasteiger partial charge in [-0.3, -0.25) is 0 Å². The van der Waals surface area contributed by atoms with Crippen LogP contribution in [-0.4, -0.2) is 6.61 Å². The third-order valence-corrected chi connectivity index (χ3v) is 2.00. The summed E-state index contributed by atoms with van der Waals surface area (Å²) in [5, 5.41) is 0. The molecule has 0 radical (unpaired) electrons. The molecule has 1 aliphatic heterocycles. The second-order valence-electron chi connectivity index (χ2n) is 3.02. The Labute approximate surface area is 84.0 Å². The first-order chi connectivity index (χ1) is 6.97. The molecule has 1 heteroatoms. The topological polar surface area (TPSA) is 9.23 Å². The van der Waals surface area contributed by atoms with Crippen molar-refractivity contribution in [3.8, 4) is 5.75 Å². The predicted molar refractivity (Wildman–Crippen MR) is 59.3 cm³/mol. The molecule has 0 atom stereocenters. The number of para-hydroxylation sites is 1. The molecule has 0 amide bonds. The average Bonchev–Trinajstić information content (AvgIpc) is 2.25. The lowest BCUT2D eigenvalue weighted by Gasteiger charge is -2.06. The first kappa shape index (κ1) is 8.82. The molecular formula is C13H12O. The Morgan fingerprint density at radius 2 is 1.79 bits per heavy atom. The van der Waals surface area contributed by atoms with Crippen LogP contribution in [0.1, 0.15) is 5.56 Å². The number of rotatable bonds is 0. The molecule has 70 valence electrons. The predicted octanol–water partition coefficient (Wildman–Crippen LogP) is 3.20. The minimum Gasteiger partial charge on any atom is -0.489 e. The molecule has 0 N–H and O–H groups in total. The monoisotopic (exact) mass is 184 g/mol. The Bertz CT molecular complexity index is 386. The van der Waals surface area contributed by atoms with Gasteiger partial charge in [0.1, 0.15) is 12.4 Å². The van der Waals surface area contributed by atoms with Crippen LogP contribution in [0.15, 0.2) is 54.6 Å². The van der Waals surface area contributed by atoms with Gasteiger partial charge < -0.3 is 4.74 Å². The van der Waals surface area contributed by atoms with E-state index in [2.05, 4.69) is 0 Å². The van der Waals surface area contributed by atoms with E-state index in [0.717, 1.165) is 11.3 Å². The molecule has 0 unspecified atom stereocenters. The Morgan fingerprint density at radius 1 is 0.929 bits per heavy atom. The van der Waals surface area contributed by atoms with Crippen molar-refractivity contribution in [2.45, 2.75) is 0 Å². The van der Waals surface area contributed by atoms with Crippen LogP contribution in [-0.2, 0) is 0 Å². The lowest BCUT2D eigenvalue weighted by atomic mass is 10.2. The Morgan fingerprint density at radius 3 is 2.79 bits per heavy atom. The molecule has 1 aliphatic rings. The van der Waals surface area contributed by atoms with E-state index < -0.39 is 0 Å². The van der Waals surface area contributed by atoms with E-state index in [1.54, 1.807) is 0 Å². The SMILES string of the molecule is C1=CC=Cc2ccccc2OCC=C1. The maximum Gasteiger partial charge on any atom is 0.126 e. The fourth-order valence-corrected chi connectivity index (χ4v) is 1.31. The van der Waals surface area contributed by atoms with Crippen LogP contribution in [0.3, 0.4) is 0 Å². The van der Waals surface area contributed by atoms with Crippen molar-refractivity contribution in [1.82, 2.24) is 0 Å². The first-order valence-electron chi connectivity index (χ1n) is 4.68. The molecule has 0 bridgehead atoms. The molecule has 0 aromatic heterocycles. The summed E-state index contributed by atoms with van der Waals surface area (Å²) in [4.78, 5) is 0. The van der Waals surface area contributed by atoms with Crippen molar-refractivity contribution in [1.29, 1.82) is 0 Å². The molecule has 1 aromatic rings. The molecule has 0 fully saturated rings. The zero-order valence-corrected chi connectivity index (χ0v) is 7.89. The normalized spacial score (nSPS) is 14.6. The number of hydrogen-bond donors (Lipinski definition) is 0. The minimum atomic E-state index is 0.620. The third-order valence-electron chi connectivity index (χ3n) is 2.00. The standard InChI is InChI=1S/C13H12O/c1-2-4-8-12-9-5-6-10-13(12)14-11-7-3-1/h1-10H,11H2. The maximum atomic E-state index is 5.59. The minimum absolute atomic E-state index is 0.620. The molecule has 0 saturated heterocycles. The number of hydrogen-bond acceptors (Lipinski definition) is 1. The van der Waals surface area contributed by atoms with Crippen LogP contribution in [0.2, 0.25) is 0 Å². The van der Waals surface area contributed by atoms with Crippen molar-refractivity contribution in [2.75, 3.05) is 6.61 Å². The zero-order chi connectivity index (χ0) is 9.64. The second kappa shape index (κ2) is 4.47. The summed E-state index contributed by atoms with van der Waals surface area (Å²) in [5.74, 6) is 0.934. The van der Waals surface area contributed by atoms with Crippen LogP contribution >= 0.6 is 0 Å². The van der Waals surface area contributed by atoms with Gasteiger partial charge in [-0.25, -0.2) is 0 Å². The van der Waals surface area contributed by atoms with Crippen molar-refractivity contribution in [3.63, 3.8) is 0 Å². The van der Waals surface area contributed by atoms with Crippen molar-refractivity contribution >= 4 is 6.08 Å². The van der Waals surface area contributed by atoms with Gasteiger partial charge in [0.15, 0.2) is 0 Å². The van der Waals surface area contributed by atoms with Crippen LogP contribution in [0.25, 0.3) is 6.08 Å². The van der Waals surface area contributed by atoms with E-state index >= 15 is 0 Å². The van der Waals surface area contributed by atoms with E-state index in [0.29, 0.717) is 6.61 Å². The third kappa shape index (κ3) is 2.13. The first-order valence-corrected chi connectivity index (χ1v) is 4.68. The van der Waals surface area contributed by atoms with Crippen molar-refractivity contribution in [3.05, 3.63) is 60.2 Å². The number of fused-ring (bicyclic) bond motifs is 1. The molecule has 0 spiro atoms.